The van der Waals surface area contributed by atoms with Crippen LogP contribution >= 0.6 is 11.3 Å². The first kappa shape index (κ1) is 15.5. The van der Waals surface area contributed by atoms with Gasteiger partial charge in [-0.3, -0.25) is 4.79 Å². The monoisotopic (exact) mass is 305 g/mol. The lowest BCUT2D eigenvalue weighted by molar-refractivity contribution is -0.123. The molecule has 112 valence electrons. The predicted octanol–water partition coefficient (Wildman–Crippen LogP) is 2.59. The fraction of sp³-hybridized carbons (Fsp3) is 0.312. The Labute approximate surface area is 128 Å². The van der Waals surface area contributed by atoms with Crippen molar-refractivity contribution in [2.45, 2.75) is 20.0 Å². The van der Waals surface area contributed by atoms with Gasteiger partial charge in [-0.1, -0.05) is 18.2 Å². The standard InChI is InChI=1S/C16H19NO3S/c1-11-4-3-5-12(2)16(11)20-9-15(19)17-8-14(18)13-6-7-21-10-13/h3-7,10,14,18H,8-9H2,1-2H3,(H,17,19). The molecule has 4 nitrogen and oxygen atoms in total. The quantitative estimate of drug-likeness (QED) is 0.862. The molecule has 1 heterocycles. The number of hydrogen-bond donors (Lipinski definition) is 2. The van der Waals surface area contributed by atoms with Crippen LogP contribution in [0.1, 0.15) is 22.8 Å². The number of benzene rings is 1. The van der Waals surface area contributed by atoms with Gasteiger partial charge in [0.2, 0.25) is 0 Å². The van der Waals surface area contributed by atoms with Crippen molar-refractivity contribution in [3.8, 4) is 5.75 Å². The Hall–Kier alpha value is -1.85. The lowest BCUT2D eigenvalue weighted by Gasteiger charge is -2.13. The highest BCUT2D eigenvalue weighted by Crippen LogP contribution is 2.22. The van der Waals surface area contributed by atoms with Crippen LogP contribution in [-0.4, -0.2) is 24.2 Å². The number of amides is 1. The number of carbonyl (C=O) groups excluding carboxylic acids is 1. The van der Waals surface area contributed by atoms with Crippen LogP contribution in [0.25, 0.3) is 0 Å². The maximum absolute atomic E-state index is 11.8. The number of rotatable bonds is 6. The van der Waals surface area contributed by atoms with Crippen LogP contribution in [-0.2, 0) is 4.79 Å². The maximum atomic E-state index is 11.8. The number of thiophene rings is 1. The normalized spacial score (nSPS) is 12.0. The van der Waals surface area contributed by atoms with Crippen molar-refractivity contribution in [1.82, 2.24) is 5.32 Å². The molecule has 0 saturated carbocycles. The Morgan fingerprint density at radius 3 is 2.67 bits per heavy atom. The first-order chi connectivity index (χ1) is 10.1. The number of nitrogens with one attached hydrogen (secondary N) is 1. The van der Waals surface area contributed by atoms with E-state index in [0.29, 0.717) is 0 Å². The molecule has 21 heavy (non-hydrogen) atoms. The summed E-state index contributed by atoms with van der Waals surface area (Å²) >= 11 is 1.52. The summed E-state index contributed by atoms with van der Waals surface area (Å²) in [5.41, 5.74) is 2.82. The number of carbonyl (C=O) groups is 1. The molecule has 0 aliphatic rings. The summed E-state index contributed by atoms with van der Waals surface area (Å²) in [4.78, 5) is 11.8. The van der Waals surface area contributed by atoms with Crippen molar-refractivity contribution in [1.29, 1.82) is 0 Å². The zero-order valence-corrected chi connectivity index (χ0v) is 12.9. The fourth-order valence-corrected chi connectivity index (χ4v) is 2.72. The van der Waals surface area contributed by atoms with Crippen LogP contribution in [0, 0.1) is 13.8 Å². The topological polar surface area (TPSA) is 58.6 Å². The Balaban J connectivity index is 1.80. The smallest absolute Gasteiger partial charge is 0.258 e. The van der Waals surface area contributed by atoms with Crippen molar-refractivity contribution >= 4 is 17.2 Å². The average Bonchev–Trinajstić information content (AvgIpc) is 2.98. The minimum atomic E-state index is -0.680. The Morgan fingerprint density at radius 1 is 1.33 bits per heavy atom. The lowest BCUT2D eigenvalue weighted by Crippen LogP contribution is -2.32. The number of ether oxygens (including phenoxy) is 1. The summed E-state index contributed by atoms with van der Waals surface area (Å²) in [5, 5.41) is 16.3. The summed E-state index contributed by atoms with van der Waals surface area (Å²) in [6, 6.07) is 7.69. The first-order valence-electron chi connectivity index (χ1n) is 6.74. The van der Waals surface area contributed by atoms with Crippen molar-refractivity contribution in [3.63, 3.8) is 0 Å². The maximum Gasteiger partial charge on any atom is 0.258 e. The third-order valence-corrected chi connectivity index (χ3v) is 3.88. The minimum absolute atomic E-state index is 0.0535. The van der Waals surface area contributed by atoms with Crippen molar-refractivity contribution in [2.75, 3.05) is 13.2 Å². The van der Waals surface area contributed by atoms with E-state index in [2.05, 4.69) is 5.32 Å². The Bertz CT molecular complexity index is 575. The molecule has 2 N–H and O–H groups in total. The third-order valence-electron chi connectivity index (χ3n) is 3.18. The van der Waals surface area contributed by atoms with Gasteiger partial charge in [-0.15, -0.1) is 0 Å². The molecule has 0 radical (unpaired) electrons. The van der Waals surface area contributed by atoms with Gasteiger partial charge in [-0.05, 0) is 47.4 Å². The molecule has 0 aliphatic carbocycles. The van der Waals surface area contributed by atoms with Gasteiger partial charge in [0.15, 0.2) is 6.61 Å². The van der Waals surface area contributed by atoms with E-state index >= 15 is 0 Å². The zero-order chi connectivity index (χ0) is 15.2. The highest BCUT2D eigenvalue weighted by Gasteiger charge is 2.11. The summed E-state index contributed by atoms with van der Waals surface area (Å²) in [6.45, 7) is 4.02. The van der Waals surface area contributed by atoms with Gasteiger partial charge >= 0.3 is 0 Å². The van der Waals surface area contributed by atoms with E-state index in [4.69, 9.17) is 4.74 Å². The summed E-state index contributed by atoms with van der Waals surface area (Å²) in [7, 11) is 0. The van der Waals surface area contributed by atoms with Crippen LogP contribution < -0.4 is 10.1 Å². The molecule has 5 heteroatoms. The van der Waals surface area contributed by atoms with Crippen LogP contribution in [0.2, 0.25) is 0 Å². The molecule has 1 unspecified atom stereocenters. The summed E-state index contributed by atoms with van der Waals surface area (Å²) in [6.07, 6.45) is -0.680. The highest BCUT2D eigenvalue weighted by molar-refractivity contribution is 7.07. The van der Waals surface area contributed by atoms with Crippen LogP contribution in [0.3, 0.4) is 0 Å². The average molecular weight is 305 g/mol. The number of para-hydroxylation sites is 1. The molecular weight excluding hydrogens is 286 g/mol. The molecular formula is C16H19NO3S. The molecule has 1 atom stereocenters. The molecule has 0 saturated heterocycles. The van der Waals surface area contributed by atoms with E-state index in [1.54, 1.807) is 0 Å². The van der Waals surface area contributed by atoms with Crippen molar-refractivity contribution < 1.29 is 14.6 Å². The molecule has 0 bridgehead atoms. The van der Waals surface area contributed by atoms with E-state index in [1.807, 2.05) is 48.9 Å². The van der Waals surface area contributed by atoms with Gasteiger partial charge in [-0.25, -0.2) is 0 Å². The molecule has 0 spiro atoms. The second-order valence-corrected chi connectivity index (χ2v) is 5.67. The Kier molecular flexibility index (Phi) is 5.36. The molecule has 1 aromatic heterocycles. The van der Waals surface area contributed by atoms with Gasteiger partial charge in [-0.2, -0.15) is 11.3 Å². The van der Waals surface area contributed by atoms with E-state index in [9.17, 15) is 9.90 Å². The van der Waals surface area contributed by atoms with Crippen molar-refractivity contribution in [3.05, 3.63) is 51.7 Å². The number of aliphatic hydroxyl groups excluding tert-OH is 1. The second kappa shape index (κ2) is 7.24. The summed E-state index contributed by atoms with van der Waals surface area (Å²) < 4.78 is 5.56. The molecule has 1 aromatic carbocycles. The van der Waals surface area contributed by atoms with E-state index in [1.165, 1.54) is 11.3 Å². The van der Waals surface area contributed by atoms with E-state index in [0.717, 1.165) is 22.4 Å². The molecule has 2 aromatic rings. The molecule has 0 fully saturated rings. The van der Waals surface area contributed by atoms with Gasteiger partial charge in [0, 0.05) is 6.54 Å². The van der Waals surface area contributed by atoms with Crippen LogP contribution in [0.15, 0.2) is 35.0 Å². The van der Waals surface area contributed by atoms with Gasteiger partial charge < -0.3 is 15.2 Å². The number of aliphatic hydroxyl groups is 1. The Morgan fingerprint density at radius 2 is 2.05 bits per heavy atom. The summed E-state index contributed by atoms with van der Waals surface area (Å²) in [5.74, 6) is 0.498. The molecule has 2 rings (SSSR count). The van der Waals surface area contributed by atoms with Gasteiger partial charge in [0.05, 0.1) is 6.10 Å². The number of aryl methyl sites for hydroxylation is 2. The van der Waals surface area contributed by atoms with E-state index < -0.39 is 6.10 Å². The SMILES string of the molecule is Cc1cccc(C)c1OCC(=O)NCC(O)c1ccsc1. The molecule has 1 amide bonds. The molecule has 0 aliphatic heterocycles. The third kappa shape index (κ3) is 4.31. The van der Waals surface area contributed by atoms with Gasteiger partial charge in [0.1, 0.15) is 5.75 Å². The van der Waals surface area contributed by atoms with Gasteiger partial charge in [0.25, 0.3) is 5.91 Å². The number of hydrogen-bond acceptors (Lipinski definition) is 4. The zero-order valence-electron chi connectivity index (χ0n) is 12.1. The lowest BCUT2D eigenvalue weighted by atomic mass is 10.1. The first-order valence-corrected chi connectivity index (χ1v) is 7.68. The highest BCUT2D eigenvalue weighted by atomic mass is 32.1. The van der Waals surface area contributed by atoms with Crippen LogP contribution in [0.5, 0.6) is 5.75 Å². The minimum Gasteiger partial charge on any atom is -0.483 e. The van der Waals surface area contributed by atoms with E-state index in [-0.39, 0.29) is 19.1 Å². The second-order valence-electron chi connectivity index (χ2n) is 4.89. The van der Waals surface area contributed by atoms with Crippen molar-refractivity contribution in [2.24, 2.45) is 0 Å². The fourth-order valence-electron chi connectivity index (χ4n) is 2.01. The van der Waals surface area contributed by atoms with Crippen LogP contribution in [0.4, 0.5) is 0 Å². The largest absolute Gasteiger partial charge is 0.483 e. The predicted molar refractivity (Wildman–Crippen MR) is 83.7 cm³/mol.